The van der Waals surface area contributed by atoms with E-state index in [1.165, 1.54) is 0 Å². The summed E-state index contributed by atoms with van der Waals surface area (Å²) in [6.07, 6.45) is -0.887. The highest BCUT2D eigenvalue weighted by Crippen LogP contribution is 1.75. The molecule has 3 heteroatoms. The van der Waals surface area contributed by atoms with Gasteiger partial charge in [-0.2, -0.15) is 0 Å². The molecule has 0 saturated carbocycles. The smallest absolute Gasteiger partial charge is 0.111 e. The van der Waals surface area contributed by atoms with Crippen molar-refractivity contribution in [2.24, 2.45) is 0 Å². The van der Waals surface area contributed by atoms with Crippen LogP contribution < -0.4 is 0 Å². The zero-order chi connectivity index (χ0) is 4.99. The summed E-state index contributed by atoms with van der Waals surface area (Å²) < 4.78 is 0. The van der Waals surface area contributed by atoms with E-state index in [1.54, 1.807) is 0 Å². The highest BCUT2D eigenvalue weighted by atomic mass is 17.1. The third kappa shape index (κ3) is 3.88. The van der Waals surface area contributed by atoms with Crippen molar-refractivity contribution in [2.45, 2.75) is 6.10 Å². The highest BCUT2D eigenvalue weighted by Gasteiger charge is 1.90. The van der Waals surface area contributed by atoms with Crippen LogP contribution in [0.5, 0.6) is 0 Å². The van der Waals surface area contributed by atoms with Crippen LogP contribution in [0, 0.1) is 6.92 Å². The van der Waals surface area contributed by atoms with Gasteiger partial charge >= 0.3 is 0 Å². The van der Waals surface area contributed by atoms with E-state index < -0.39 is 6.10 Å². The minimum absolute atomic E-state index is 0.236. The van der Waals surface area contributed by atoms with Crippen LogP contribution in [0.2, 0.25) is 0 Å². The van der Waals surface area contributed by atoms with Crippen molar-refractivity contribution in [3.63, 3.8) is 0 Å². The van der Waals surface area contributed by atoms with Crippen molar-refractivity contribution in [3.05, 3.63) is 6.92 Å². The van der Waals surface area contributed by atoms with Crippen LogP contribution in [0.1, 0.15) is 0 Å². The van der Waals surface area contributed by atoms with Crippen LogP contribution in [-0.2, 0) is 10.1 Å². The Morgan fingerprint density at radius 1 is 2.00 bits per heavy atom. The lowest BCUT2D eigenvalue weighted by Gasteiger charge is -1.93. The molecule has 6 heavy (non-hydrogen) atoms. The van der Waals surface area contributed by atoms with E-state index in [-0.39, 0.29) is 6.61 Å². The highest BCUT2D eigenvalue weighted by molar-refractivity contribution is 4.50. The van der Waals surface area contributed by atoms with Gasteiger partial charge in [0.05, 0.1) is 6.10 Å². The van der Waals surface area contributed by atoms with Gasteiger partial charge < -0.3 is 5.11 Å². The predicted molar refractivity (Wildman–Crippen MR) is 18.0 cm³/mol. The lowest BCUT2D eigenvalue weighted by molar-refractivity contribution is -0.311. The first kappa shape index (κ1) is 5.88. The fourth-order valence-corrected chi connectivity index (χ4v) is 0.0785. The minimum Gasteiger partial charge on any atom is -0.391 e. The Hall–Kier alpha value is -0.120. The molecule has 0 amide bonds. The second-order valence-electron chi connectivity index (χ2n) is 0.938. The maximum atomic E-state index is 9.04. The molecule has 0 fully saturated rings. The van der Waals surface area contributed by atoms with Crippen LogP contribution in [-0.4, -0.2) is 17.8 Å². The van der Waals surface area contributed by atoms with E-state index in [9.17, 15) is 0 Å². The summed E-state index contributed by atoms with van der Waals surface area (Å²) in [6.45, 7) is 2.82. The average Bonchev–Trinajstić information content (AvgIpc) is 1.35. The van der Waals surface area contributed by atoms with Gasteiger partial charge in [0.2, 0.25) is 0 Å². The van der Waals surface area contributed by atoms with Crippen LogP contribution in [0.3, 0.4) is 0 Å². The molecule has 0 aromatic carbocycles. The van der Waals surface area contributed by atoms with Crippen molar-refractivity contribution < 1.29 is 15.3 Å². The van der Waals surface area contributed by atoms with Crippen LogP contribution >= 0.6 is 0 Å². The molecule has 1 atom stereocenters. The average molecular weight is 90.1 g/mol. The summed E-state index contributed by atoms with van der Waals surface area (Å²) in [4.78, 5) is 3.24. The Morgan fingerprint density at radius 3 is 2.50 bits per heavy atom. The quantitative estimate of drug-likeness (QED) is 0.368. The molecular weight excluding hydrogens is 84.0 g/mol. The summed E-state index contributed by atoms with van der Waals surface area (Å²) in [5, 5.41) is 17.2. The van der Waals surface area contributed by atoms with Gasteiger partial charge in [-0.3, -0.25) is 0 Å². The zero-order valence-electron chi connectivity index (χ0n) is 3.26. The fourth-order valence-electron chi connectivity index (χ4n) is 0.0785. The van der Waals surface area contributed by atoms with Crippen molar-refractivity contribution in [2.75, 3.05) is 6.61 Å². The second-order valence-corrected chi connectivity index (χ2v) is 0.938. The summed E-state index contributed by atoms with van der Waals surface area (Å²) in [5.74, 6) is 0. The van der Waals surface area contributed by atoms with Gasteiger partial charge in [-0.15, -0.1) is 0 Å². The minimum atomic E-state index is -0.887. The first-order chi connectivity index (χ1) is 2.77. The molecular formula is C3H6O3. The summed E-state index contributed by atoms with van der Waals surface area (Å²) in [6, 6.07) is 0. The van der Waals surface area contributed by atoms with E-state index in [1.807, 2.05) is 0 Å². The van der Waals surface area contributed by atoms with Crippen molar-refractivity contribution in [3.8, 4) is 0 Å². The third-order valence-corrected chi connectivity index (χ3v) is 0.260. The van der Waals surface area contributed by atoms with Gasteiger partial charge in [0.1, 0.15) is 6.61 Å². The summed E-state index contributed by atoms with van der Waals surface area (Å²) >= 11 is 0. The second kappa shape index (κ2) is 3.08. The van der Waals surface area contributed by atoms with E-state index in [2.05, 4.69) is 11.8 Å². The molecule has 36 valence electrons. The molecule has 0 spiro atoms. The fraction of sp³-hybridized carbons (Fsp3) is 0.667. The zero-order valence-corrected chi connectivity index (χ0v) is 3.26. The van der Waals surface area contributed by atoms with Gasteiger partial charge in [-0.25, -0.2) is 4.89 Å². The number of hydrogen-bond acceptors (Lipinski definition) is 2. The van der Waals surface area contributed by atoms with Crippen molar-refractivity contribution in [1.29, 1.82) is 0 Å². The Bertz CT molecular complexity index is 27.2. The molecule has 1 N–H and O–H groups in total. The first-order valence-electron chi connectivity index (χ1n) is 1.53. The number of aliphatic hydroxyl groups excluding tert-OH is 1. The van der Waals surface area contributed by atoms with E-state index in [0.717, 1.165) is 0 Å². The van der Waals surface area contributed by atoms with Crippen LogP contribution in [0.4, 0.5) is 0 Å². The van der Waals surface area contributed by atoms with Crippen molar-refractivity contribution >= 4 is 0 Å². The lowest BCUT2D eigenvalue weighted by atomic mass is 10.5. The van der Waals surface area contributed by atoms with Gasteiger partial charge in [0.15, 0.2) is 0 Å². The molecule has 1 unspecified atom stereocenters. The molecule has 0 heterocycles. The van der Waals surface area contributed by atoms with Gasteiger partial charge in [-0.1, -0.05) is 0 Å². The topological polar surface area (TPSA) is 49.4 Å². The Kier molecular flexibility index (Phi) is 3.02. The Morgan fingerprint density at radius 2 is 2.50 bits per heavy atom. The van der Waals surface area contributed by atoms with E-state index in [4.69, 9.17) is 10.4 Å². The largest absolute Gasteiger partial charge is 0.391 e. The SMILES string of the molecule is [CH2]C(O)CO[O]. The first-order valence-corrected chi connectivity index (χ1v) is 1.53. The standard InChI is InChI=1S/C3H6O3/c1-3(4)2-6-5/h3-4H,1-2H2. The maximum Gasteiger partial charge on any atom is 0.111 e. The molecule has 0 aliphatic heterocycles. The van der Waals surface area contributed by atoms with Crippen LogP contribution in [0.15, 0.2) is 0 Å². The molecule has 3 nitrogen and oxygen atoms in total. The van der Waals surface area contributed by atoms with Gasteiger partial charge in [0, 0.05) is 0 Å². The lowest BCUT2D eigenvalue weighted by Crippen LogP contribution is -2.07. The monoisotopic (exact) mass is 90.0 g/mol. The maximum absolute atomic E-state index is 9.04. The summed E-state index contributed by atoms with van der Waals surface area (Å²) in [7, 11) is 0. The number of hydrogen-bond donors (Lipinski definition) is 1. The van der Waals surface area contributed by atoms with E-state index in [0.29, 0.717) is 0 Å². The summed E-state index contributed by atoms with van der Waals surface area (Å²) in [5.41, 5.74) is 0. The predicted octanol–water partition coefficient (Wildman–Crippen LogP) is -0.457. The molecule has 0 aliphatic rings. The molecule has 0 bridgehead atoms. The third-order valence-electron chi connectivity index (χ3n) is 0.260. The molecule has 0 aliphatic carbocycles. The Balaban J connectivity index is 2.63. The molecule has 0 aromatic rings. The van der Waals surface area contributed by atoms with Gasteiger partial charge in [-0.05, 0) is 12.2 Å². The van der Waals surface area contributed by atoms with Crippen LogP contribution in [0.25, 0.3) is 0 Å². The number of aliphatic hydroxyl groups is 1. The molecule has 2 radical (unpaired) electrons. The van der Waals surface area contributed by atoms with E-state index >= 15 is 0 Å². The number of rotatable bonds is 2. The van der Waals surface area contributed by atoms with Crippen molar-refractivity contribution in [1.82, 2.24) is 0 Å². The molecule has 0 saturated heterocycles. The normalized spacial score (nSPS) is 14.5. The molecule has 0 aromatic heterocycles. The van der Waals surface area contributed by atoms with Gasteiger partial charge in [0.25, 0.3) is 0 Å². The Labute approximate surface area is 36.1 Å². The molecule has 0 rings (SSSR count).